The summed E-state index contributed by atoms with van der Waals surface area (Å²) in [5.74, 6) is 0.794. The number of nitrogens with zero attached hydrogens (tertiary/aromatic N) is 2. The van der Waals surface area contributed by atoms with Gasteiger partial charge in [0.05, 0.1) is 10.3 Å². The molecule has 1 amide bonds. The van der Waals surface area contributed by atoms with Gasteiger partial charge < -0.3 is 10.6 Å². The van der Waals surface area contributed by atoms with Crippen LogP contribution in [0.2, 0.25) is 0 Å². The van der Waals surface area contributed by atoms with Gasteiger partial charge in [0.25, 0.3) is 11.5 Å². The highest BCUT2D eigenvalue weighted by molar-refractivity contribution is 7.20. The summed E-state index contributed by atoms with van der Waals surface area (Å²) in [7, 11) is 0. The average molecular weight is 346 g/mol. The molecule has 1 saturated heterocycles. The van der Waals surface area contributed by atoms with Gasteiger partial charge in [0.15, 0.2) is 0 Å². The third-order valence-electron chi connectivity index (χ3n) is 5.01. The molecule has 0 radical (unpaired) electrons. The summed E-state index contributed by atoms with van der Waals surface area (Å²) < 4.78 is 1.82. The first-order valence-electron chi connectivity index (χ1n) is 8.69. The number of carbonyl (C=O) groups is 1. The molecule has 4 heterocycles. The maximum absolute atomic E-state index is 12.9. The molecular formula is C17H22N4O2S. The molecule has 1 atom stereocenters. The van der Waals surface area contributed by atoms with Gasteiger partial charge in [-0.2, -0.15) is 0 Å². The van der Waals surface area contributed by atoms with Crippen LogP contribution in [0.4, 0.5) is 0 Å². The summed E-state index contributed by atoms with van der Waals surface area (Å²) in [5, 5.41) is 6.94. The first-order chi connectivity index (χ1) is 11.6. The van der Waals surface area contributed by atoms with Gasteiger partial charge in [-0.15, -0.1) is 11.3 Å². The van der Waals surface area contributed by atoms with Crippen molar-refractivity contribution in [3.8, 4) is 0 Å². The zero-order valence-electron chi connectivity index (χ0n) is 13.9. The van der Waals surface area contributed by atoms with Crippen LogP contribution in [0.5, 0.6) is 0 Å². The molecule has 2 aromatic rings. The van der Waals surface area contributed by atoms with Crippen LogP contribution in [0.3, 0.4) is 0 Å². The van der Waals surface area contributed by atoms with Crippen LogP contribution >= 0.6 is 11.3 Å². The van der Waals surface area contributed by atoms with E-state index in [1.807, 2.05) is 11.5 Å². The normalized spacial score (nSPS) is 20.8. The highest BCUT2D eigenvalue weighted by atomic mass is 32.1. The van der Waals surface area contributed by atoms with Crippen molar-refractivity contribution in [1.29, 1.82) is 0 Å². The third kappa shape index (κ3) is 2.65. The molecule has 0 spiro atoms. The van der Waals surface area contributed by atoms with Crippen LogP contribution in [0.15, 0.2) is 4.79 Å². The SMILES string of the molecule is Cc1c(C(=O)NC2CCNC2)sc2nc3n(c(=O)c12)CCCCC3. The summed E-state index contributed by atoms with van der Waals surface area (Å²) in [4.78, 5) is 31.6. The zero-order chi connectivity index (χ0) is 16.7. The molecular weight excluding hydrogens is 324 g/mol. The van der Waals surface area contributed by atoms with E-state index < -0.39 is 0 Å². The van der Waals surface area contributed by atoms with Crippen LogP contribution in [-0.4, -0.2) is 34.6 Å². The van der Waals surface area contributed by atoms with E-state index in [4.69, 9.17) is 4.98 Å². The van der Waals surface area contributed by atoms with Gasteiger partial charge in [0.1, 0.15) is 10.7 Å². The Morgan fingerprint density at radius 3 is 3.04 bits per heavy atom. The Balaban J connectivity index is 1.75. The van der Waals surface area contributed by atoms with E-state index in [0.29, 0.717) is 15.1 Å². The lowest BCUT2D eigenvalue weighted by Crippen LogP contribution is -2.36. The van der Waals surface area contributed by atoms with Gasteiger partial charge in [-0.1, -0.05) is 6.42 Å². The van der Waals surface area contributed by atoms with Gasteiger partial charge in [-0.3, -0.25) is 14.2 Å². The minimum absolute atomic E-state index is 0.0206. The van der Waals surface area contributed by atoms with Crippen molar-refractivity contribution in [1.82, 2.24) is 20.2 Å². The lowest BCUT2D eigenvalue weighted by atomic mass is 10.2. The second-order valence-corrected chi connectivity index (χ2v) is 7.69. The molecule has 2 aliphatic rings. The quantitative estimate of drug-likeness (QED) is 0.866. The second kappa shape index (κ2) is 6.29. The molecule has 1 unspecified atom stereocenters. The number of thiophene rings is 1. The van der Waals surface area contributed by atoms with E-state index in [9.17, 15) is 9.59 Å². The fraction of sp³-hybridized carbons (Fsp3) is 0.588. The molecule has 0 aliphatic carbocycles. The van der Waals surface area contributed by atoms with E-state index in [1.54, 1.807) is 0 Å². The second-order valence-electron chi connectivity index (χ2n) is 6.70. The molecule has 2 N–H and O–H groups in total. The minimum Gasteiger partial charge on any atom is -0.347 e. The monoisotopic (exact) mass is 346 g/mol. The van der Waals surface area contributed by atoms with Crippen LogP contribution in [0.25, 0.3) is 10.2 Å². The van der Waals surface area contributed by atoms with Crippen molar-refractivity contribution < 1.29 is 4.79 Å². The minimum atomic E-state index is -0.0798. The molecule has 0 saturated carbocycles. The fourth-order valence-corrected chi connectivity index (χ4v) is 4.75. The number of nitrogens with one attached hydrogen (secondary N) is 2. The van der Waals surface area contributed by atoms with E-state index >= 15 is 0 Å². The van der Waals surface area contributed by atoms with Crippen molar-refractivity contribution in [2.75, 3.05) is 13.1 Å². The topological polar surface area (TPSA) is 76.0 Å². The number of aryl methyl sites for hydroxylation is 2. The number of amides is 1. The summed E-state index contributed by atoms with van der Waals surface area (Å²) >= 11 is 1.35. The summed E-state index contributed by atoms with van der Waals surface area (Å²) in [5.41, 5.74) is 0.794. The third-order valence-corrected chi connectivity index (χ3v) is 6.20. The number of hydrogen-bond acceptors (Lipinski definition) is 5. The number of rotatable bonds is 2. The first-order valence-corrected chi connectivity index (χ1v) is 9.51. The van der Waals surface area contributed by atoms with E-state index in [-0.39, 0.29) is 17.5 Å². The molecule has 1 fully saturated rings. The maximum Gasteiger partial charge on any atom is 0.262 e. The Labute approximate surface area is 144 Å². The molecule has 128 valence electrons. The highest BCUT2D eigenvalue weighted by Gasteiger charge is 2.24. The van der Waals surface area contributed by atoms with Crippen molar-refractivity contribution in [2.45, 2.75) is 51.6 Å². The average Bonchev–Trinajstić information content (AvgIpc) is 3.09. The van der Waals surface area contributed by atoms with Crippen LogP contribution in [-0.2, 0) is 13.0 Å². The van der Waals surface area contributed by atoms with E-state index in [0.717, 1.165) is 63.1 Å². The summed E-state index contributed by atoms with van der Waals surface area (Å²) in [6.45, 7) is 4.35. The van der Waals surface area contributed by atoms with Crippen molar-refractivity contribution >= 4 is 27.5 Å². The summed E-state index contributed by atoms with van der Waals surface area (Å²) in [6.07, 6.45) is 5.02. The number of fused-ring (bicyclic) bond motifs is 2. The van der Waals surface area contributed by atoms with Crippen LogP contribution in [0.1, 0.15) is 46.7 Å². The Kier molecular flexibility index (Phi) is 4.14. The molecule has 6 nitrogen and oxygen atoms in total. The van der Waals surface area contributed by atoms with E-state index in [1.165, 1.54) is 11.3 Å². The van der Waals surface area contributed by atoms with Gasteiger partial charge in [0.2, 0.25) is 0 Å². The molecule has 24 heavy (non-hydrogen) atoms. The number of aromatic nitrogens is 2. The Bertz CT molecular complexity index is 848. The maximum atomic E-state index is 12.9. The Hall–Kier alpha value is -1.73. The standard InChI is InChI=1S/C17H22N4O2S/c1-10-13-16(20-12-5-3-2-4-8-21(12)17(13)23)24-14(10)15(22)19-11-6-7-18-9-11/h11,18H,2-9H2,1H3,(H,19,22). The van der Waals surface area contributed by atoms with Crippen LogP contribution < -0.4 is 16.2 Å². The number of hydrogen-bond donors (Lipinski definition) is 2. The zero-order valence-corrected chi connectivity index (χ0v) is 14.7. The molecule has 2 aliphatic heterocycles. The number of carbonyl (C=O) groups excluding carboxylic acids is 1. The summed E-state index contributed by atoms with van der Waals surface area (Å²) in [6, 6.07) is 0.174. The van der Waals surface area contributed by atoms with Gasteiger partial charge >= 0.3 is 0 Å². The Morgan fingerprint density at radius 2 is 2.25 bits per heavy atom. The van der Waals surface area contributed by atoms with Gasteiger partial charge in [-0.05, 0) is 38.3 Å². The van der Waals surface area contributed by atoms with Crippen LogP contribution in [0, 0.1) is 6.92 Å². The molecule has 0 aromatic carbocycles. The molecule has 4 rings (SSSR count). The molecule has 7 heteroatoms. The van der Waals surface area contributed by atoms with Crippen molar-refractivity contribution in [3.05, 3.63) is 26.6 Å². The lowest BCUT2D eigenvalue weighted by molar-refractivity contribution is 0.0943. The van der Waals surface area contributed by atoms with E-state index in [2.05, 4.69) is 10.6 Å². The van der Waals surface area contributed by atoms with Crippen molar-refractivity contribution in [3.63, 3.8) is 0 Å². The largest absolute Gasteiger partial charge is 0.347 e. The molecule has 0 bridgehead atoms. The highest BCUT2D eigenvalue weighted by Crippen LogP contribution is 2.28. The smallest absolute Gasteiger partial charge is 0.262 e. The predicted octanol–water partition coefficient (Wildman–Crippen LogP) is 1.58. The Morgan fingerprint density at radius 1 is 1.38 bits per heavy atom. The predicted molar refractivity (Wildman–Crippen MR) is 94.9 cm³/mol. The molecule has 2 aromatic heterocycles. The van der Waals surface area contributed by atoms with Gasteiger partial charge in [0, 0.05) is 25.6 Å². The fourth-order valence-electron chi connectivity index (χ4n) is 3.66. The lowest BCUT2D eigenvalue weighted by Gasteiger charge is -2.10. The van der Waals surface area contributed by atoms with Crippen molar-refractivity contribution in [2.24, 2.45) is 0 Å². The first kappa shape index (κ1) is 15.8. The van der Waals surface area contributed by atoms with Gasteiger partial charge in [-0.25, -0.2) is 4.98 Å².